The third kappa shape index (κ3) is 4.71. The molecule has 2 aromatic rings. The van der Waals surface area contributed by atoms with Crippen molar-refractivity contribution in [1.82, 2.24) is 0 Å². The number of rotatable bonds is 8. The average molecular weight is 392 g/mol. The van der Waals surface area contributed by atoms with E-state index in [1.165, 1.54) is 12.1 Å². The molecule has 2 rings (SSSR count). The SMILES string of the molecule is CCOc1ccc(OCC)c(NS(=O)(=O)c2cc(C(=O)[O-])cc(C)c2C)c1. The van der Waals surface area contributed by atoms with E-state index >= 15 is 0 Å². The van der Waals surface area contributed by atoms with Crippen LogP contribution in [0.2, 0.25) is 0 Å². The smallest absolute Gasteiger partial charge is 0.262 e. The molecule has 146 valence electrons. The highest BCUT2D eigenvalue weighted by Gasteiger charge is 2.21. The molecule has 0 aliphatic rings. The van der Waals surface area contributed by atoms with Crippen LogP contribution < -0.4 is 19.3 Å². The van der Waals surface area contributed by atoms with Crippen molar-refractivity contribution in [3.05, 3.63) is 47.0 Å². The summed E-state index contributed by atoms with van der Waals surface area (Å²) in [5, 5.41) is 11.2. The van der Waals surface area contributed by atoms with Crippen LogP contribution in [0.15, 0.2) is 35.2 Å². The summed E-state index contributed by atoms with van der Waals surface area (Å²) in [6.07, 6.45) is 0. The topological polar surface area (TPSA) is 105 Å². The predicted octanol–water partition coefficient (Wildman–Crippen LogP) is 2.27. The van der Waals surface area contributed by atoms with Gasteiger partial charge in [0.25, 0.3) is 10.0 Å². The van der Waals surface area contributed by atoms with Gasteiger partial charge in [-0.1, -0.05) is 0 Å². The summed E-state index contributed by atoms with van der Waals surface area (Å²) in [7, 11) is -4.07. The summed E-state index contributed by atoms with van der Waals surface area (Å²) in [4.78, 5) is 11.1. The van der Waals surface area contributed by atoms with Crippen LogP contribution in [-0.4, -0.2) is 27.6 Å². The van der Waals surface area contributed by atoms with Crippen molar-refractivity contribution in [3.8, 4) is 11.5 Å². The number of carboxylic acids is 1. The first-order valence-corrected chi connectivity index (χ1v) is 9.93. The van der Waals surface area contributed by atoms with E-state index in [-0.39, 0.29) is 16.1 Å². The molecule has 0 saturated carbocycles. The van der Waals surface area contributed by atoms with Crippen LogP contribution in [0.25, 0.3) is 0 Å². The number of sulfonamides is 1. The minimum Gasteiger partial charge on any atom is -0.545 e. The molecule has 0 atom stereocenters. The van der Waals surface area contributed by atoms with Crippen molar-refractivity contribution >= 4 is 21.7 Å². The van der Waals surface area contributed by atoms with Gasteiger partial charge in [0.1, 0.15) is 11.5 Å². The van der Waals surface area contributed by atoms with Crippen molar-refractivity contribution < 1.29 is 27.8 Å². The second kappa shape index (κ2) is 8.30. The number of aromatic carboxylic acids is 1. The molecular formula is C19H22NO6S-. The van der Waals surface area contributed by atoms with Crippen molar-refractivity contribution in [2.45, 2.75) is 32.6 Å². The zero-order valence-corrected chi connectivity index (χ0v) is 16.5. The van der Waals surface area contributed by atoms with Crippen LogP contribution in [0.4, 0.5) is 5.69 Å². The van der Waals surface area contributed by atoms with Crippen molar-refractivity contribution in [2.75, 3.05) is 17.9 Å². The Balaban J connectivity index is 2.53. The maximum absolute atomic E-state index is 13.0. The molecule has 0 heterocycles. The molecule has 0 bridgehead atoms. The number of carbonyl (C=O) groups is 1. The third-order valence-electron chi connectivity index (χ3n) is 3.95. The molecule has 0 fully saturated rings. The minimum atomic E-state index is -4.07. The Labute approximate surface area is 159 Å². The maximum Gasteiger partial charge on any atom is 0.262 e. The number of ether oxygens (including phenoxy) is 2. The number of nitrogens with one attached hydrogen (secondary N) is 1. The molecule has 0 amide bonds. The molecule has 27 heavy (non-hydrogen) atoms. The van der Waals surface area contributed by atoms with Crippen LogP contribution >= 0.6 is 0 Å². The van der Waals surface area contributed by atoms with Gasteiger partial charge in [0.2, 0.25) is 0 Å². The van der Waals surface area contributed by atoms with Gasteiger partial charge in [-0.3, -0.25) is 4.72 Å². The summed E-state index contributed by atoms with van der Waals surface area (Å²) in [6.45, 7) is 7.63. The largest absolute Gasteiger partial charge is 0.545 e. The Morgan fingerprint density at radius 1 is 1.07 bits per heavy atom. The van der Waals surface area contributed by atoms with Crippen molar-refractivity contribution in [1.29, 1.82) is 0 Å². The zero-order valence-electron chi connectivity index (χ0n) is 15.7. The third-order valence-corrected chi connectivity index (χ3v) is 5.44. The van der Waals surface area contributed by atoms with Gasteiger partial charge in [-0.05, 0) is 68.7 Å². The van der Waals surface area contributed by atoms with Gasteiger partial charge < -0.3 is 19.4 Å². The second-order valence-corrected chi connectivity index (χ2v) is 7.48. The lowest BCUT2D eigenvalue weighted by Gasteiger charge is -2.17. The van der Waals surface area contributed by atoms with Gasteiger partial charge >= 0.3 is 0 Å². The molecule has 0 aromatic heterocycles. The fraction of sp³-hybridized carbons (Fsp3) is 0.316. The average Bonchev–Trinajstić information content (AvgIpc) is 2.59. The lowest BCUT2D eigenvalue weighted by Crippen LogP contribution is -2.24. The van der Waals surface area contributed by atoms with E-state index in [4.69, 9.17) is 9.47 Å². The molecule has 0 radical (unpaired) electrons. The molecular weight excluding hydrogens is 370 g/mol. The van der Waals surface area contributed by atoms with Crippen LogP contribution in [0.3, 0.4) is 0 Å². The molecule has 2 aromatic carbocycles. The van der Waals surface area contributed by atoms with E-state index in [2.05, 4.69) is 4.72 Å². The fourth-order valence-electron chi connectivity index (χ4n) is 2.55. The standard InChI is InChI=1S/C19H23NO6S/c1-5-25-15-7-8-17(26-6-2)16(11-15)20-27(23,24)18-10-14(19(21)22)9-12(3)13(18)4/h7-11,20H,5-6H2,1-4H3,(H,21,22)/p-1. The number of aryl methyl sites for hydroxylation is 1. The van der Waals surface area contributed by atoms with Crippen molar-refractivity contribution in [2.24, 2.45) is 0 Å². The van der Waals surface area contributed by atoms with Gasteiger partial charge in [-0.15, -0.1) is 0 Å². The minimum absolute atomic E-state index is 0.133. The number of benzene rings is 2. The highest BCUT2D eigenvalue weighted by Crippen LogP contribution is 2.32. The van der Waals surface area contributed by atoms with Crippen LogP contribution in [0.1, 0.15) is 35.3 Å². The number of anilines is 1. The second-order valence-electron chi connectivity index (χ2n) is 5.83. The summed E-state index contributed by atoms with van der Waals surface area (Å²) in [5.74, 6) is -0.618. The monoisotopic (exact) mass is 392 g/mol. The predicted molar refractivity (Wildman–Crippen MR) is 99.8 cm³/mol. The Morgan fingerprint density at radius 2 is 1.74 bits per heavy atom. The fourth-order valence-corrected chi connectivity index (χ4v) is 3.96. The van der Waals surface area contributed by atoms with Gasteiger partial charge in [0, 0.05) is 6.07 Å². The van der Waals surface area contributed by atoms with Gasteiger partial charge in [-0.2, -0.15) is 0 Å². The molecule has 0 unspecified atom stereocenters. The molecule has 0 saturated heterocycles. The van der Waals surface area contributed by atoms with E-state index in [9.17, 15) is 18.3 Å². The van der Waals surface area contributed by atoms with Crippen LogP contribution in [0, 0.1) is 13.8 Å². The highest BCUT2D eigenvalue weighted by molar-refractivity contribution is 7.92. The molecule has 0 aliphatic heterocycles. The van der Waals surface area contributed by atoms with Gasteiger partial charge in [0.05, 0.1) is 29.8 Å². The quantitative estimate of drug-likeness (QED) is 0.739. The van der Waals surface area contributed by atoms with E-state index in [1.54, 1.807) is 32.9 Å². The lowest BCUT2D eigenvalue weighted by molar-refractivity contribution is -0.255. The molecule has 7 nitrogen and oxygen atoms in total. The first-order chi connectivity index (χ1) is 12.7. The van der Waals surface area contributed by atoms with Gasteiger partial charge in [-0.25, -0.2) is 8.42 Å². The summed E-state index contributed by atoms with van der Waals surface area (Å²) >= 11 is 0. The van der Waals surface area contributed by atoms with Crippen LogP contribution in [-0.2, 0) is 10.0 Å². The van der Waals surface area contributed by atoms with Crippen molar-refractivity contribution in [3.63, 3.8) is 0 Å². The number of hydrogen-bond acceptors (Lipinski definition) is 6. The molecule has 0 aliphatic carbocycles. The Morgan fingerprint density at radius 3 is 2.33 bits per heavy atom. The van der Waals surface area contributed by atoms with E-state index < -0.39 is 16.0 Å². The number of carbonyl (C=O) groups excluding carboxylic acids is 1. The normalized spacial score (nSPS) is 11.1. The Kier molecular flexibility index (Phi) is 6.32. The summed E-state index contributed by atoms with van der Waals surface area (Å²) in [6, 6.07) is 7.29. The Bertz CT molecular complexity index is 953. The maximum atomic E-state index is 13.0. The molecule has 8 heteroatoms. The number of hydrogen-bond donors (Lipinski definition) is 1. The Hall–Kier alpha value is -2.74. The molecule has 1 N–H and O–H groups in total. The highest BCUT2D eigenvalue weighted by atomic mass is 32.2. The summed E-state index contributed by atoms with van der Waals surface area (Å²) < 4.78 is 39.3. The first kappa shape index (κ1) is 20.6. The molecule has 0 spiro atoms. The summed E-state index contributed by atoms with van der Waals surface area (Å²) in [5.41, 5.74) is 0.988. The van der Waals surface area contributed by atoms with E-state index in [1.807, 2.05) is 6.92 Å². The first-order valence-electron chi connectivity index (χ1n) is 8.44. The number of carboxylic acid groups (broad SMARTS) is 1. The lowest BCUT2D eigenvalue weighted by atomic mass is 10.1. The van der Waals surface area contributed by atoms with E-state index in [0.717, 1.165) is 6.07 Å². The van der Waals surface area contributed by atoms with E-state index in [0.29, 0.717) is 35.8 Å². The van der Waals surface area contributed by atoms with Gasteiger partial charge in [0.15, 0.2) is 0 Å². The zero-order chi connectivity index (χ0) is 20.2. The van der Waals surface area contributed by atoms with Crippen LogP contribution in [0.5, 0.6) is 11.5 Å².